The summed E-state index contributed by atoms with van der Waals surface area (Å²) >= 11 is 0. The van der Waals surface area contributed by atoms with Crippen molar-refractivity contribution in [2.45, 2.75) is 154 Å². The minimum Gasteiger partial charge on any atom is -0.414 e. The van der Waals surface area contributed by atoms with Gasteiger partial charge in [0, 0.05) is 47.9 Å². The van der Waals surface area contributed by atoms with Gasteiger partial charge in [0.2, 0.25) is 0 Å². The highest BCUT2D eigenvalue weighted by atomic mass is 32.2. The van der Waals surface area contributed by atoms with E-state index >= 15 is 0 Å². The molecule has 338 valence electrons. The van der Waals surface area contributed by atoms with Crippen LogP contribution in [0.4, 0.5) is 0 Å². The molecule has 2 fully saturated rings. The third kappa shape index (κ3) is 9.13. The van der Waals surface area contributed by atoms with E-state index in [0.29, 0.717) is 0 Å². The summed E-state index contributed by atoms with van der Waals surface area (Å²) in [6.07, 6.45) is 0.0990. The first-order valence-electron chi connectivity index (χ1n) is 20.0. The van der Waals surface area contributed by atoms with E-state index in [1.165, 1.54) is 47.5 Å². The Kier molecular flexibility index (Phi) is 13.4. The van der Waals surface area contributed by atoms with Crippen LogP contribution in [0.5, 0.6) is 0 Å². The van der Waals surface area contributed by atoms with E-state index in [9.17, 15) is 32.7 Å². The molecule has 1 spiro atoms. The van der Waals surface area contributed by atoms with Gasteiger partial charge >= 0.3 is 11.4 Å². The lowest BCUT2D eigenvalue weighted by molar-refractivity contribution is -0.0567. The zero-order valence-corrected chi connectivity index (χ0v) is 39.8. The molecule has 7 unspecified atom stereocenters. The van der Waals surface area contributed by atoms with Crippen LogP contribution in [-0.4, -0.2) is 91.6 Å². The van der Waals surface area contributed by atoms with Gasteiger partial charge in [-0.05, 0) is 55.6 Å². The number of aromatic nitrogens is 4. The standard InChI is InChI=1S/C38H60N8O12SSi2/c1-23-18-45(29-17-25(41-42-40)26(20-47)55-29)34(50)43(31(23)48)15-13-14-16-44-32(49)24(2)19-46(35(44)51)33-30(57-61(11,12)37(6,7)8)38(27(39)22-59(52,53)58-38)28(56-33)21-54-60(9,10)36(3,4)5/h13-14,18-19,22,25-26,28-30,33,47H,15-17,20-21,39H2,1-12H3/b14-13+. The van der Waals surface area contributed by atoms with E-state index in [-0.39, 0.29) is 48.0 Å². The van der Waals surface area contributed by atoms with Crippen LogP contribution in [0.1, 0.15) is 71.5 Å². The van der Waals surface area contributed by atoms with Crippen molar-refractivity contribution in [1.29, 1.82) is 0 Å². The fraction of sp³-hybridized carbons (Fsp3) is 0.684. The number of hydrogen-bond acceptors (Lipinski definition) is 14. The number of ether oxygens (including phenoxy) is 2. The highest BCUT2D eigenvalue weighted by molar-refractivity contribution is 7.90. The van der Waals surface area contributed by atoms with Crippen molar-refractivity contribution in [2.75, 3.05) is 13.2 Å². The lowest BCUT2D eigenvalue weighted by atomic mass is 9.89. The van der Waals surface area contributed by atoms with Crippen LogP contribution in [0.15, 0.2) is 59.9 Å². The Bertz CT molecular complexity index is 2490. The first-order chi connectivity index (χ1) is 28.0. The summed E-state index contributed by atoms with van der Waals surface area (Å²) in [6.45, 7) is 22.1. The van der Waals surface area contributed by atoms with E-state index in [2.05, 4.69) is 30.8 Å². The number of azide groups is 1. The molecule has 0 radical (unpaired) electrons. The number of aryl methyl sites for hydroxylation is 2. The van der Waals surface area contributed by atoms with Crippen molar-refractivity contribution in [2.24, 2.45) is 10.8 Å². The second-order valence-corrected chi connectivity index (χ2v) is 29.9. The molecule has 3 N–H and O–H groups in total. The number of aliphatic hydroxyl groups excluding tert-OH is 1. The van der Waals surface area contributed by atoms with Crippen molar-refractivity contribution >= 4 is 26.8 Å². The van der Waals surface area contributed by atoms with Crippen LogP contribution in [0.3, 0.4) is 0 Å². The number of nitrogens with two attached hydrogens (primary N) is 1. The maximum absolute atomic E-state index is 14.5. The number of allylic oxidation sites excluding steroid dienone is 2. The largest absolute Gasteiger partial charge is 0.414 e. The Morgan fingerprint density at radius 1 is 0.934 bits per heavy atom. The third-order valence-electron chi connectivity index (χ3n) is 12.7. The van der Waals surface area contributed by atoms with Gasteiger partial charge in [-0.15, -0.1) is 0 Å². The predicted molar refractivity (Wildman–Crippen MR) is 231 cm³/mol. The minimum absolute atomic E-state index is 0.0913. The van der Waals surface area contributed by atoms with Gasteiger partial charge in [-0.25, -0.2) is 13.8 Å². The molecule has 20 nitrogen and oxygen atoms in total. The first-order valence-corrected chi connectivity index (χ1v) is 27.3. The fourth-order valence-corrected chi connectivity index (χ4v) is 10.5. The van der Waals surface area contributed by atoms with E-state index in [1.54, 1.807) is 0 Å². The van der Waals surface area contributed by atoms with Crippen LogP contribution in [-0.2, 0) is 45.7 Å². The summed E-state index contributed by atoms with van der Waals surface area (Å²) in [6, 6.07) is -0.729. The zero-order chi connectivity index (χ0) is 45.8. The Morgan fingerprint density at radius 2 is 1.46 bits per heavy atom. The summed E-state index contributed by atoms with van der Waals surface area (Å²) in [7, 11) is -9.66. The quantitative estimate of drug-likeness (QED) is 0.0730. The van der Waals surface area contributed by atoms with Crippen LogP contribution in [0, 0.1) is 13.8 Å². The average Bonchev–Trinajstić information content (AvgIpc) is 3.76. The SMILES string of the molecule is Cc1cn(C2CC(N=[N+]=[N-])C(CO)O2)c(=O)n(C/C=C/Cn2c(=O)c(C)cn(C3OC(CO[Si](C)(C)C(C)(C)C)C4(OS(=O)(=O)C=C4N)C3O[Si](C)(C)C(C)(C)C)c2=O)c1=O. The van der Waals surface area contributed by atoms with E-state index in [1.807, 2.05) is 47.0 Å². The molecule has 61 heavy (non-hydrogen) atoms. The van der Waals surface area contributed by atoms with Gasteiger partial charge in [-0.2, -0.15) is 8.42 Å². The lowest BCUT2D eigenvalue weighted by Crippen LogP contribution is -2.59. The maximum atomic E-state index is 14.5. The summed E-state index contributed by atoms with van der Waals surface area (Å²) in [5.41, 5.74) is 11.1. The molecule has 0 aromatic carbocycles. The second-order valence-electron chi connectivity index (χ2n) is 19.0. The molecule has 7 atom stereocenters. The van der Waals surface area contributed by atoms with Gasteiger partial charge < -0.3 is 29.2 Å². The highest BCUT2D eigenvalue weighted by Crippen LogP contribution is 2.52. The molecule has 0 bridgehead atoms. The fourth-order valence-electron chi connectivity index (χ4n) is 7.04. The molecular weight excluding hydrogens is 849 g/mol. The Hall–Kier alpha value is -3.91. The topological polar surface area (TPSA) is 263 Å². The summed E-state index contributed by atoms with van der Waals surface area (Å²) in [5.74, 6) is 0. The van der Waals surface area contributed by atoms with Gasteiger partial charge in [-0.1, -0.05) is 58.8 Å². The van der Waals surface area contributed by atoms with Crippen LogP contribution in [0.25, 0.3) is 10.4 Å². The van der Waals surface area contributed by atoms with Crippen molar-refractivity contribution in [1.82, 2.24) is 18.3 Å². The van der Waals surface area contributed by atoms with E-state index in [4.69, 9.17) is 33.8 Å². The van der Waals surface area contributed by atoms with Crippen molar-refractivity contribution < 1.29 is 36.0 Å². The molecule has 2 aromatic rings. The van der Waals surface area contributed by atoms with Gasteiger partial charge in [0.25, 0.3) is 21.2 Å². The first kappa shape index (κ1) is 48.1. The van der Waals surface area contributed by atoms with Crippen LogP contribution in [0.2, 0.25) is 36.3 Å². The van der Waals surface area contributed by atoms with Crippen molar-refractivity contribution in [3.63, 3.8) is 0 Å². The normalized spacial score (nSPS) is 26.9. The van der Waals surface area contributed by atoms with Crippen LogP contribution >= 0.6 is 0 Å². The lowest BCUT2D eigenvalue weighted by Gasteiger charge is -2.43. The molecule has 3 aliphatic heterocycles. The Balaban J connectivity index is 1.55. The molecule has 0 aliphatic carbocycles. The summed E-state index contributed by atoms with van der Waals surface area (Å²) in [4.78, 5) is 57.7. The van der Waals surface area contributed by atoms with Gasteiger partial charge in [0.05, 0.1) is 36.5 Å². The van der Waals surface area contributed by atoms with Gasteiger partial charge in [0.1, 0.15) is 18.4 Å². The molecule has 0 amide bonds. The maximum Gasteiger partial charge on any atom is 0.333 e. The monoisotopic (exact) mass is 908 g/mol. The van der Waals surface area contributed by atoms with E-state index in [0.717, 1.165) is 14.5 Å². The number of rotatable bonds is 13. The number of aliphatic hydroxyl groups is 1. The van der Waals surface area contributed by atoms with Gasteiger partial charge in [-0.3, -0.25) is 27.9 Å². The second kappa shape index (κ2) is 17.0. The average molecular weight is 909 g/mol. The highest BCUT2D eigenvalue weighted by Gasteiger charge is 2.67. The molecule has 5 heterocycles. The molecule has 2 saturated heterocycles. The minimum atomic E-state index is -4.34. The van der Waals surface area contributed by atoms with Crippen LogP contribution < -0.4 is 28.2 Å². The number of hydrogen-bond donors (Lipinski definition) is 2. The molecular formula is C38H60N8O12SSi2. The molecule has 3 aliphatic rings. The van der Waals surface area contributed by atoms with E-state index < -0.39 is 103 Å². The van der Waals surface area contributed by atoms with Gasteiger partial charge in [0.15, 0.2) is 28.5 Å². The molecule has 23 heteroatoms. The predicted octanol–water partition coefficient (Wildman–Crippen LogP) is 3.37. The zero-order valence-electron chi connectivity index (χ0n) is 36.9. The Morgan fingerprint density at radius 3 is 1.93 bits per heavy atom. The third-order valence-corrected chi connectivity index (χ3v) is 22.7. The summed E-state index contributed by atoms with van der Waals surface area (Å²) < 4.78 is 62.7. The number of nitrogens with zero attached hydrogens (tertiary/aromatic N) is 7. The summed E-state index contributed by atoms with van der Waals surface area (Å²) in [5, 5.41) is 13.6. The molecule has 2 aromatic heterocycles. The Labute approximate surface area is 356 Å². The van der Waals surface area contributed by atoms with Crippen molar-refractivity contribution in [3.8, 4) is 0 Å². The smallest absolute Gasteiger partial charge is 0.333 e. The van der Waals surface area contributed by atoms with Crippen molar-refractivity contribution in [3.05, 3.63) is 98.9 Å². The molecule has 0 saturated carbocycles. The molecule has 5 rings (SSSR count).